The van der Waals surface area contributed by atoms with E-state index in [0.29, 0.717) is 5.75 Å². The fraction of sp³-hybridized carbons (Fsp3) is 0.136. The molecule has 2 N–H and O–H groups in total. The van der Waals surface area contributed by atoms with Crippen molar-refractivity contribution in [1.82, 2.24) is 5.32 Å². The zero-order chi connectivity index (χ0) is 17.2. The molecule has 3 aromatic rings. The van der Waals surface area contributed by atoms with Crippen LogP contribution in [0, 0.1) is 0 Å². The zero-order valence-electron chi connectivity index (χ0n) is 13.8. The average Bonchev–Trinajstić information content (AvgIpc) is 3.04. The first kappa shape index (κ1) is 15.5. The molecule has 1 aliphatic rings. The van der Waals surface area contributed by atoms with Gasteiger partial charge in [0.2, 0.25) is 5.91 Å². The van der Waals surface area contributed by atoms with E-state index >= 15 is 0 Å². The van der Waals surface area contributed by atoms with Gasteiger partial charge in [-0.25, -0.2) is 0 Å². The highest BCUT2D eigenvalue weighted by Crippen LogP contribution is 2.36. The van der Waals surface area contributed by atoms with Crippen molar-refractivity contribution in [3.05, 3.63) is 83.4 Å². The van der Waals surface area contributed by atoms with E-state index in [9.17, 15) is 9.90 Å². The molecule has 0 aromatic heterocycles. The summed E-state index contributed by atoms with van der Waals surface area (Å²) in [4.78, 5) is 12.3. The Balaban J connectivity index is 1.52. The highest BCUT2D eigenvalue weighted by Gasteiger charge is 2.25. The molecule has 1 amide bonds. The standard InChI is InChI=1S/C22H19NO2/c24-21-10-4-9-18-19(21)12-13-20(18)23-22(25)14-11-16-7-3-6-15-5-1-2-8-17(15)16/h1-11,14,20,24H,12-13H2,(H,23,25)/b14-11+. The van der Waals surface area contributed by atoms with Gasteiger partial charge in [0.1, 0.15) is 5.75 Å². The Kier molecular flexibility index (Phi) is 3.98. The minimum Gasteiger partial charge on any atom is -0.508 e. The summed E-state index contributed by atoms with van der Waals surface area (Å²) < 4.78 is 0. The molecule has 3 aromatic carbocycles. The van der Waals surface area contributed by atoms with Crippen LogP contribution in [0.4, 0.5) is 0 Å². The van der Waals surface area contributed by atoms with E-state index in [4.69, 9.17) is 0 Å². The van der Waals surface area contributed by atoms with E-state index in [0.717, 1.165) is 40.3 Å². The van der Waals surface area contributed by atoms with Gasteiger partial charge in [-0.05, 0) is 52.4 Å². The van der Waals surface area contributed by atoms with Gasteiger partial charge in [0.05, 0.1) is 6.04 Å². The molecule has 3 heteroatoms. The molecule has 1 aliphatic carbocycles. The molecule has 0 aliphatic heterocycles. The van der Waals surface area contributed by atoms with Crippen LogP contribution in [-0.2, 0) is 11.2 Å². The number of carbonyl (C=O) groups excluding carboxylic acids is 1. The van der Waals surface area contributed by atoms with Crippen LogP contribution in [0.2, 0.25) is 0 Å². The van der Waals surface area contributed by atoms with Crippen molar-refractivity contribution in [1.29, 1.82) is 0 Å². The molecule has 0 bridgehead atoms. The largest absolute Gasteiger partial charge is 0.508 e. The van der Waals surface area contributed by atoms with Crippen LogP contribution in [0.5, 0.6) is 5.75 Å². The summed E-state index contributed by atoms with van der Waals surface area (Å²) >= 11 is 0. The lowest BCUT2D eigenvalue weighted by atomic mass is 10.0. The Morgan fingerprint density at radius 3 is 2.76 bits per heavy atom. The number of phenolic OH excluding ortho intramolecular Hbond substituents is 1. The van der Waals surface area contributed by atoms with Gasteiger partial charge < -0.3 is 10.4 Å². The summed E-state index contributed by atoms with van der Waals surface area (Å²) in [6, 6.07) is 19.7. The second-order valence-corrected chi connectivity index (χ2v) is 6.35. The molecule has 3 nitrogen and oxygen atoms in total. The van der Waals surface area contributed by atoms with Gasteiger partial charge >= 0.3 is 0 Å². The predicted octanol–water partition coefficient (Wildman–Crippen LogP) is 4.36. The van der Waals surface area contributed by atoms with E-state index in [1.54, 1.807) is 12.1 Å². The Morgan fingerprint density at radius 2 is 1.84 bits per heavy atom. The van der Waals surface area contributed by atoms with E-state index in [1.807, 2.05) is 42.5 Å². The molecule has 4 rings (SSSR count). The first-order valence-electron chi connectivity index (χ1n) is 8.49. The van der Waals surface area contributed by atoms with Gasteiger partial charge in [-0.2, -0.15) is 0 Å². The molecule has 1 unspecified atom stereocenters. The number of amides is 1. The van der Waals surface area contributed by atoms with Crippen LogP contribution in [0.15, 0.2) is 66.7 Å². The topological polar surface area (TPSA) is 49.3 Å². The highest BCUT2D eigenvalue weighted by atomic mass is 16.3. The van der Waals surface area contributed by atoms with Crippen molar-refractivity contribution in [3.63, 3.8) is 0 Å². The molecule has 0 saturated heterocycles. The van der Waals surface area contributed by atoms with Gasteiger partial charge in [0.25, 0.3) is 0 Å². The van der Waals surface area contributed by atoms with Crippen molar-refractivity contribution in [3.8, 4) is 5.75 Å². The number of aromatic hydroxyl groups is 1. The maximum Gasteiger partial charge on any atom is 0.244 e. The van der Waals surface area contributed by atoms with Crippen LogP contribution in [0.25, 0.3) is 16.8 Å². The fourth-order valence-corrected chi connectivity index (χ4v) is 3.57. The lowest BCUT2D eigenvalue weighted by Gasteiger charge is -2.12. The third kappa shape index (κ3) is 3.01. The van der Waals surface area contributed by atoms with Crippen molar-refractivity contribution >= 4 is 22.8 Å². The lowest BCUT2D eigenvalue weighted by Crippen LogP contribution is -2.25. The summed E-state index contributed by atoms with van der Waals surface area (Å²) in [7, 11) is 0. The van der Waals surface area contributed by atoms with Crippen LogP contribution < -0.4 is 5.32 Å². The summed E-state index contributed by atoms with van der Waals surface area (Å²) in [5, 5.41) is 15.2. The zero-order valence-corrected chi connectivity index (χ0v) is 13.8. The Morgan fingerprint density at radius 1 is 1.04 bits per heavy atom. The number of hydrogen-bond donors (Lipinski definition) is 2. The van der Waals surface area contributed by atoms with Gasteiger partial charge in [-0.3, -0.25) is 4.79 Å². The fourth-order valence-electron chi connectivity index (χ4n) is 3.57. The van der Waals surface area contributed by atoms with Crippen molar-refractivity contribution in [2.24, 2.45) is 0 Å². The van der Waals surface area contributed by atoms with Crippen molar-refractivity contribution in [2.45, 2.75) is 18.9 Å². The summed E-state index contributed by atoms with van der Waals surface area (Å²) in [6.07, 6.45) is 5.05. The smallest absolute Gasteiger partial charge is 0.244 e. The van der Waals surface area contributed by atoms with Crippen LogP contribution in [-0.4, -0.2) is 11.0 Å². The summed E-state index contributed by atoms with van der Waals surface area (Å²) in [5.74, 6) is 0.203. The number of fused-ring (bicyclic) bond motifs is 2. The quantitative estimate of drug-likeness (QED) is 0.701. The number of benzene rings is 3. The van der Waals surface area contributed by atoms with Gasteiger partial charge in [0.15, 0.2) is 0 Å². The van der Waals surface area contributed by atoms with Gasteiger partial charge in [-0.1, -0.05) is 54.6 Å². The lowest BCUT2D eigenvalue weighted by molar-refractivity contribution is -0.117. The summed E-state index contributed by atoms with van der Waals surface area (Å²) in [6.45, 7) is 0. The van der Waals surface area contributed by atoms with Crippen LogP contribution >= 0.6 is 0 Å². The van der Waals surface area contributed by atoms with Gasteiger partial charge in [0, 0.05) is 6.08 Å². The molecular weight excluding hydrogens is 310 g/mol. The molecular formula is C22H19NO2. The minimum atomic E-state index is -0.117. The minimum absolute atomic E-state index is 0.0354. The third-order valence-electron chi connectivity index (χ3n) is 4.80. The van der Waals surface area contributed by atoms with E-state index in [-0.39, 0.29) is 11.9 Å². The molecule has 124 valence electrons. The Bertz CT molecular complexity index is 969. The molecule has 0 radical (unpaired) electrons. The predicted molar refractivity (Wildman–Crippen MR) is 100 cm³/mol. The van der Waals surface area contributed by atoms with E-state index in [2.05, 4.69) is 23.5 Å². The maximum absolute atomic E-state index is 12.3. The number of rotatable bonds is 3. The number of hydrogen-bond acceptors (Lipinski definition) is 2. The molecule has 1 atom stereocenters. The van der Waals surface area contributed by atoms with E-state index in [1.165, 1.54) is 0 Å². The van der Waals surface area contributed by atoms with Gasteiger partial charge in [-0.15, -0.1) is 0 Å². The highest BCUT2D eigenvalue weighted by molar-refractivity contribution is 5.96. The second kappa shape index (κ2) is 6.44. The molecule has 0 heterocycles. The number of phenols is 1. The normalized spacial score (nSPS) is 16.2. The SMILES string of the molecule is O=C(/C=C/c1cccc2ccccc12)NC1CCc2c(O)cccc21. The monoisotopic (exact) mass is 329 g/mol. The number of carbonyl (C=O) groups is 1. The molecule has 25 heavy (non-hydrogen) atoms. The number of nitrogens with one attached hydrogen (secondary N) is 1. The van der Waals surface area contributed by atoms with Crippen molar-refractivity contribution in [2.75, 3.05) is 0 Å². The second-order valence-electron chi connectivity index (χ2n) is 6.35. The third-order valence-corrected chi connectivity index (χ3v) is 4.80. The molecule has 0 saturated carbocycles. The first-order valence-corrected chi connectivity index (χ1v) is 8.49. The van der Waals surface area contributed by atoms with E-state index < -0.39 is 0 Å². The molecule has 0 fully saturated rings. The van der Waals surface area contributed by atoms with Crippen molar-refractivity contribution < 1.29 is 9.90 Å². The first-order chi connectivity index (χ1) is 12.2. The Labute approximate surface area is 146 Å². The summed E-state index contributed by atoms with van der Waals surface area (Å²) in [5.41, 5.74) is 3.00. The molecule has 0 spiro atoms. The maximum atomic E-state index is 12.3. The Hall–Kier alpha value is -3.07. The average molecular weight is 329 g/mol. The van der Waals surface area contributed by atoms with Crippen LogP contribution in [0.3, 0.4) is 0 Å². The van der Waals surface area contributed by atoms with Crippen LogP contribution in [0.1, 0.15) is 29.2 Å².